The van der Waals surface area contributed by atoms with Gasteiger partial charge in [0.25, 0.3) is 0 Å². The lowest BCUT2D eigenvalue weighted by atomic mass is 10.1. The molecule has 108 valence electrons. The number of aryl methyl sites for hydroxylation is 2. The van der Waals surface area contributed by atoms with Crippen molar-refractivity contribution in [2.45, 2.75) is 47.2 Å². The molecule has 0 radical (unpaired) electrons. The smallest absolute Gasteiger partial charge is 0.0828 e. The van der Waals surface area contributed by atoms with Crippen molar-refractivity contribution in [1.29, 1.82) is 0 Å². The zero-order chi connectivity index (χ0) is 14.9. The Kier molecular flexibility index (Phi) is 4.53. The molecule has 20 heavy (non-hydrogen) atoms. The topological polar surface area (TPSA) is 29.9 Å². The van der Waals surface area contributed by atoms with Gasteiger partial charge in [-0.3, -0.25) is 4.68 Å². The first-order valence-corrected chi connectivity index (χ1v) is 7.74. The van der Waals surface area contributed by atoms with E-state index in [-0.39, 0.29) is 0 Å². The molecule has 0 aliphatic rings. The van der Waals surface area contributed by atoms with E-state index in [1.807, 2.05) is 0 Å². The van der Waals surface area contributed by atoms with Gasteiger partial charge in [-0.05, 0) is 51.8 Å². The van der Waals surface area contributed by atoms with E-state index in [4.69, 9.17) is 0 Å². The Morgan fingerprint density at radius 3 is 2.50 bits per heavy atom. The van der Waals surface area contributed by atoms with Crippen LogP contribution in [0, 0.1) is 20.8 Å². The van der Waals surface area contributed by atoms with Gasteiger partial charge in [-0.25, -0.2) is 0 Å². The molecule has 4 heteroatoms. The third kappa shape index (κ3) is 3.06. The molecule has 0 unspecified atom stereocenters. The number of hydrogen-bond acceptors (Lipinski definition) is 2. The number of hydrogen-bond donors (Lipinski definition) is 1. The van der Waals surface area contributed by atoms with Crippen LogP contribution in [-0.2, 0) is 6.54 Å². The highest BCUT2D eigenvalue weighted by atomic mass is 79.9. The SMILES string of the molecule is Cc1ccc(CNc2c(C)nn(C(C)C)c2C)cc1Br. The molecule has 2 rings (SSSR count). The fraction of sp³-hybridized carbons (Fsp3) is 0.438. The summed E-state index contributed by atoms with van der Waals surface area (Å²) >= 11 is 3.58. The summed E-state index contributed by atoms with van der Waals surface area (Å²) in [6.07, 6.45) is 0. The van der Waals surface area contributed by atoms with E-state index < -0.39 is 0 Å². The van der Waals surface area contributed by atoms with E-state index in [1.54, 1.807) is 0 Å². The molecular formula is C16H22BrN3. The average Bonchev–Trinajstić information content (AvgIpc) is 2.67. The van der Waals surface area contributed by atoms with Crippen molar-refractivity contribution in [2.24, 2.45) is 0 Å². The summed E-state index contributed by atoms with van der Waals surface area (Å²) in [5, 5.41) is 8.11. The van der Waals surface area contributed by atoms with Crippen LogP contribution < -0.4 is 5.32 Å². The van der Waals surface area contributed by atoms with Crippen LogP contribution >= 0.6 is 15.9 Å². The molecule has 1 heterocycles. The van der Waals surface area contributed by atoms with Gasteiger partial charge in [0.15, 0.2) is 0 Å². The van der Waals surface area contributed by atoms with Crippen LogP contribution in [0.5, 0.6) is 0 Å². The molecule has 3 nitrogen and oxygen atoms in total. The van der Waals surface area contributed by atoms with Crippen LogP contribution in [0.2, 0.25) is 0 Å². The van der Waals surface area contributed by atoms with Gasteiger partial charge < -0.3 is 5.32 Å². The Bertz CT molecular complexity index is 614. The summed E-state index contributed by atoms with van der Waals surface area (Å²) in [6.45, 7) is 11.4. The third-order valence-corrected chi connectivity index (χ3v) is 4.37. The fourth-order valence-electron chi connectivity index (χ4n) is 2.36. The van der Waals surface area contributed by atoms with Gasteiger partial charge in [0.1, 0.15) is 0 Å². The first-order valence-electron chi connectivity index (χ1n) is 6.94. The highest BCUT2D eigenvalue weighted by Gasteiger charge is 2.13. The van der Waals surface area contributed by atoms with Crippen molar-refractivity contribution in [2.75, 3.05) is 5.32 Å². The van der Waals surface area contributed by atoms with Crippen LogP contribution in [0.3, 0.4) is 0 Å². The third-order valence-electron chi connectivity index (χ3n) is 3.52. The molecule has 0 aliphatic carbocycles. The van der Waals surface area contributed by atoms with Crippen molar-refractivity contribution < 1.29 is 0 Å². The number of nitrogens with one attached hydrogen (secondary N) is 1. The lowest BCUT2D eigenvalue weighted by Crippen LogP contribution is -2.06. The molecule has 1 aromatic carbocycles. The van der Waals surface area contributed by atoms with Gasteiger partial charge in [-0.15, -0.1) is 0 Å². The molecular weight excluding hydrogens is 314 g/mol. The van der Waals surface area contributed by atoms with Gasteiger partial charge in [0.05, 0.1) is 17.1 Å². The molecule has 0 amide bonds. The molecule has 0 bridgehead atoms. The maximum absolute atomic E-state index is 4.60. The largest absolute Gasteiger partial charge is 0.378 e. The summed E-state index contributed by atoms with van der Waals surface area (Å²) in [5.41, 5.74) is 5.92. The summed E-state index contributed by atoms with van der Waals surface area (Å²) in [4.78, 5) is 0. The van der Waals surface area contributed by atoms with Crippen LogP contribution in [0.4, 0.5) is 5.69 Å². The van der Waals surface area contributed by atoms with Crippen LogP contribution in [0.25, 0.3) is 0 Å². The number of aromatic nitrogens is 2. The summed E-state index contributed by atoms with van der Waals surface area (Å²) in [5.74, 6) is 0. The van der Waals surface area contributed by atoms with E-state index in [0.717, 1.165) is 22.4 Å². The lowest BCUT2D eigenvalue weighted by molar-refractivity contribution is 0.516. The molecule has 2 aromatic rings. The van der Waals surface area contributed by atoms with E-state index in [1.165, 1.54) is 16.8 Å². The standard InChI is InChI=1S/C16H22BrN3/c1-10(2)20-13(5)16(12(4)19-20)18-9-14-7-6-11(3)15(17)8-14/h6-8,10,18H,9H2,1-5H3. The number of nitrogens with zero attached hydrogens (tertiary/aromatic N) is 2. The molecule has 0 saturated heterocycles. The summed E-state index contributed by atoms with van der Waals surface area (Å²) in [7, 11) is 0. The Labute approximate surface area is 129 Å². The first-order chi connectivity index (χ1) is 9.40. The van der Waals surface area contributed by atoms with Crippen LogP contribution in [0.15, 0.2) is 22.7 Å². The number of benzene rings is 1. The second-order valence-electron chi connectivity index (χ2n) is 5.52. The highest BCUT2D eigenvalue weighted by Crippen LogP contribution is 2.24. The van der Waals surface area contributed by atoms with Gasteiger partial charge in [-0.2, -0.15) is 5.10 Å². The van der Waals surface area contributed by atoms with Crippen molar-refractivity contribution in [1.82, 2.24) is 9.78 Å². The number of halogens is 1. The van der Waals surface area contributed by atoms with Crippen molar-refractivity contribution >= 4 is 21.6 Å². The summed E-state index contributed by atoms with van der Waals surface area (Å²) < 4.78 is 3.23. The monoisotopic (exact) mass is 335 g/mol. The molecule has 0 aliphatic heterocycles. The molecule has 0 spiro atoms. The summed E-state index contributed by atoms with van der Waals surface area (Å²) in [6, 6.07) is 6.85. The Morgan fingerprint density at radius 2 is 1.95 bits per heavy atom. The minimum Gasteiger partial charge on any atom is -0.378 e. The molecule has 0 fully saturated rings. The number of anilines is 1. The molecule has 0 saturated carbocycles. The number of rotatable bonds is 4. The lowest BCUT2D eigenvalue weighted by Gasteiger charge is -2.10. The first kappa shape index (κ1) is 15.1. The van der Waals surface area contributed by atoms with E-state index >= 15 is 0 Å². The van der Waals surface area contributed by atoms with Crippen molar-refractivity contribution in [3.05, 3.63) is 45.2 Å². The molecule has 1 aromatic heterocycles. The zero-order valence-electron chi connectivity index (χ0n) is 12.8. The van der Waals surface area contributed by atoms with E-state index in [0.29, 0.717) is 6.04 Å². The highest BCUT2D eigenvalue weighted by molar-refractivity contribution is 9.10. The Morgan fingerprint density at radius 1 is 1.25 bits per heavy atom. The fourth-order valence-corrected chi connectivity index (χ4v) is 2.78. The molecule has 0 atom stereocenters. The zero-order valence-corrected chi connectivity index (χ0v) is 14.4. The van der Waals surface area contributed by atoms with Crippen molar-refractivity contribution in [3.63, 3.8) is 0 Å². The van der Waals surface area contributed by atoms with Gasteiger partial charge in [0, 0.05) is 17.1 Å². The second kappa shape index (κ2) is 6.00. The van der Waals surface area contributed by atoms with Crippen LogP contribution in [0.1, 0.15) is 42.4 Å². The average molecular weight is 336 g/mol. The quantitative estimate of drug-likeness (QED) is 0.872. The minimum atomic E-state index is 0.387. The van der Waals surface area contributed by atoms with Gasteiger partial charge >= 0.3 is 0 Å². The maximum atomic E-state index is 4.60. The van der Waals surface area contributed by atoms with Gasteiger partial charge in [0.2, 0.25) is 0 Å². The normalized spacial score (nSPS) is 11.2. The van der Waals surface area contributed by atoms with E-state index in [2.05, 4.69) is 83.8 Å². The predicted molar refractivity (Wildman–Crippen MR) is 88.3 cm³/mol. The van der Waals surface area contributed by atoms with Gasteiger partial charge in [-0.1, -0.05) is 28.1 Å². The van der Waals surface area contributed by atoms with Crippen LogP contribution in [-0.4, -0.2) is 9.78 Å². The Hall–Kier alpha value is -1.29. The molecule has 1 N–H and O–H groups in total. The second-order valence-corrected chi connectivity index (χ2v) is 6.38. The minimum absolute atomic E-state index is 0.387. The van der Waals surface area contributed by atoms with Crippen molar-refractivity contribution in [3.8, 4) is 0 Å². The van der Waals surface area contributed by atoms with E-state index in [9.17, 15) is 0 Å². The maximum Gasteiger partial charge on any atom is 0.0828 e. The predicted octanol–water partition coefficient (Wildman–Crippen LogP) is 4.76. The Balaban J connectivity index is 2.16.